The van der Waals surface area contributed by atoms with E-state index in [1.54, 1.807) is 13.8 Å². The summed E-state index contributed by atoms with van der Waals surface area (Å²) in [6.07, 6.45) is 0. The van der Waals surface area contributed by atoms with E-state index < -0.39 is 16.0 Å². The van der Waals surface area contributed by atoms with E-state index in [1.165, 1.54) is 23.5 Å². The van der Waals surface area contributed by atoms with Gasteiger partial charge in [-0.3, -0.25) is 0 Å². The maximum Gasteiger partial charge on any atom is 0.243 e. The monoisotopic (exact) mass is 329 g/mol. The molecule has 0 aliphatic rings. The third-order valence-electron chi connectivity index (χ3n) is 3.18. The molecule has 124 valence electrons. The Kier molecular flexibility index (Phi) is 6.79. The minimum Gasteiger partial charge on any atom is -0.545 e. The summed E-state index contributed by atoms with van der Waals surface area (Å²) in [6.45, 7) is 4.87. The lowest BCUT2D eigenvalue weighted by atomic mass is 10.2. The molecule has 0 aliphatic carbocycles. The second kappa shape index (κ2) is 8.11. The zero-order valence-electron chi connectivity index (χ0n) is 13.0. The number of hydrogen-bond donors (Lipinski definition) is 1. The number of aromatic carboxylic acids is 1. The van der Waals surface area contributed by atoms with Crippen LogP contribution in [0.3, 0.4) is 0 Å². The van der Waals surface area contributed by atoms with Crippen LogP contribution in [-0.4, -0.2) is 52.0 Å². The summed E-state index contributed by atoms with van der Waals surface area (Å²) >= 11 is 0. The van der Waals surface area contributed by atoms with Gasteiger partial charge in [0.25, 0.3) is 0 Å². The summed E-state index contributed by atoms with van der Waals surface area (Å²) in [6, 6.07) is 3.94. The van der Waals surface area contributed by atoms with Crippen molar-refractivity contribution in [2.45, 2.75) is 18.7 Å². The van der Waals surface area contributed by atoms with Crippen molar-refractivity contribution < 1.29 is 23.1 Å². The number of sulfonamides is 1. The normalized spacial score (nSPS) is 11.6. The average Bonchev–Trinajstić information content (AvgIpc) is 2.48. The Hall–Kier alpha value is -1.64. The highest BCUT2D eigenvalue weighted by atomic mass is 32.2. The van der Waals surface area contributed by atoms with E-state index in [9.17, 15) is 18.3 Å². The van der Waals surface area contributed by atoms with Crippen LogP contribution in [0.4, 0.5) is 5.69 Å². The lowest BCUT2D eigenvalue weighted by Crippen LogP contribution is -2.31. The fourth-order valence-corrected chi connectivity index (χ4v) is 3.49. The maximum absolute atomic E-state index is 12.4. The second-order valence-corrected chi connectivity index (χ2v) is 6.44. The van der Waals surface area contributed by atoms with Crippen molar-refractivity contribution >= 4 is 21.7 Å². The molecule has 1 N–H and O–H groups in total. The predicted molar refractivity (Wildman–Crippen MR) is 81.2 cm³/mol. The first kappa shape index (κ1) is 18.4. The maximum atomic E-state index is 12.4. The molecule has 0 spiro atoms. The van der Waals surface area contributed by atoms with Gasteiger partial charge in [-0.2, -0.15) is 4.31 Å². The van der Waals surface area contributed by atoms with Gasteiger partial charge in [0.1, 0.15) is 0 Å². The average molecular weight is 329 g/mol. The van der Waals surface area contributed by atoms with Gasteiger partial charge < -0.3 is 20.0 Å². The Morgan fingerprint density at radius 3 is 2.45 bits per heavy atom. The number of nitrogens with zero attached hydrogens (tertiary/aromatic N) is 1. The lowest BCUT2D eigenvalue weighted by Gasteiger charge is -2.20. The summed E-state index contributed by atoms with van der Waals surface area (Å²) in [5.41, 5.74) is 0.111. The molecule has 1 rings (SSSR count). The predicted octanol–water partition coefficient (Wildman–Crippen LogP) is 0.139. The summed E-state index contributed by atoms with van der Waals surface area (Å²) in [4.78, 5) is 11.2. The molecule has 8 heteroatoms. The third-order valence-corrected chi connectivity index (χ3v) is 5.22. The number of carbonyl (C=O) groups is 1. The molecule has 0 atom stereocenters. The van der Waals surface area contributed by atoms with E-state index in [0.29, 0.717) is 31.9 Å². The topological polar surface area (TPSA) is 98.8 Å². The molecule has 0 aliphatic heterocycles. The fraction of sp³-hybridized carbons (Fsp3) is 0.500. The molecule has 0 bridgehead atoms. The van der Waals surface area contributed by atoms with Crippen molar-refractivity contribution in [1.29, 1.82) is 0 Å². The van der Waals surface area contributed by atoms with Crippen LogP contribution >= 0.6 is 0 Å². The van der Waals surface area contributed by atoms with E-state index >= 15 is 0 Å². The number of benzene rings is 1. The Labute approximate surface area is 130 Å². The summed E-state index contributed by atoms with van der Waals surface area (Å²) in [7, 11) is -2.18. The van der Waals surface area contributed by atoms with Crippen molar-refractivity contribution in [3.05, 3.63) is 23.8 Å². The number of hydrogen-bond acceptors (Lipinski definition) is 6. The fourth-order valence-electron chi connectivity index (χ4n) is 2.01. The van der Waals surface area contributed by atoms with Crippen LogP contribution in [-0.2, 0) is 14.8 Å². The first-order valence-electron chi connectivity index (χ1n) is 6.96. The molecule has 7 nitrogen and oxygen atoms in total. The number of carbonyl (C=O) groups excluding carboxylic acids is 1. The molecule has 0 saturated carbocycles. The summed E-state index contributed by atoms with van der Waals surface area (Å²) in [5.74, 6) is -1.43. The van der Waals surface area contributed by atoms with E-state index in [4.69, 9.17) is 4.74 Å². The van der Waals surface area contributed by atoms with Crippen LogP contribution in [0.25, 0.3) is 0 Å². The number of carboxylic acid groups (broad SMARTS) is 1. The van der Waals surface area contributed by atoms with E-state index in [0.717, 1.165) is 6.07 Å². The van der Waals surface area contributed by atoms with Gasteiger partial charge in [0, 0.05) is 38.0 Å². The Bertz CT molecular complexity index is 612. The first-order valence-corrected chi connectivity index (χ1v) is 8.40. The Morgan fingerprint density at radius 1 is 1.32 bits per heavy atom. The van der Waals surface area contributed by atoms with Gasteiger partial charge in [-0.1, -0.05) is 13.8 Å². The van der Waals surface area contributed by atoms with Crippen LogP contribution < -0.4 is 10.4 Å². The van der Waals surface area contributed by atoms with Crippen LogP contribution in [0.2, 0.25) is 0 Å². The van der Waals surface area contributed by atoms with Crippen LogP contribution in [0.15, 0.2) is 23.1 Å². The molecule has 1 aromatic carbocycles. The van der Waals surface area contributed by atoms with Gasteiger partial charge in [-0.15, -0.1) is 0 Å². The van der Waals surface area contributed by atoms with Gasteiger partial charge in [0.05, 0.1) is 17.5 Å². The molecule has 0 aromatic heterocycles. The largest absolute Gasteiger partial charge is 0.545 e. The number of ether oxygens (including phenoxy) is 1. The smallest absolute Gasteiger partial charge is 0.243 e. The first-order chi connectivity index (χ1) is 10.4. The SMILES string of the molecule is CCN(CC)S(=O)(=O)c1ccc(NCCOC)c(C(=O)[O-])c1. The van der Waals surface area contributed by atoms with Crippen molar-refractivity contribution in [2.75, 3.05) is 38.7 Å². The highest BCUT2D eigenvalue weighted by molar-refractivity contribution is 7.89. The minimum absolute atomic E-state index is 0.0623. The van der Waals surface area contributed by atoms with E-state index in [1.807, 2.05) is 0 Å². The summed E-state index contributed by atoms with van der Waals surface area (Å²) < 4.78 is 31.0. The Morgan fingerprint density at radius 2 is 1.95 bits per heavy atom. The standard InChI is InChI=1S/C14H22N2O5S/c1-4-16(5-2)22(19,20)11-6-7-13(15-8-9-21-3)12(10-11)14(17)18/h6-7,10,15H,4-5,8-9H2,1-3H3,(H,17,18)/p-1. The molecular formula is C14H21N2O5S-. The number of anilines is 1. The van der Waals surface area contributed by atoms with Gasteiger partial charge in [0.15, 0.2) is 0 Å². The van der Waals surface area contributed by atoms with Crippen molar-refractivity contribution in [2.24, 2.45) is 0 Å². The van der Waals surface area contributed by atoms with Crippen LogP contribution in [0, 0.1) is 0 Å². The minimum atomic E-state index is -3.71. The van der Waals surface area contributed by atoms with Gasteiger partial charge >= 0.3 is 0 Å². The zero-order valence-corrected chi connectivity index (χ0v) is 13.8. The molecule has 0 unspecified atom stereocenters. The van der Waals surface area contributed by atoms with E-state index in [2.05, 4.69) is 5.32 Å². The second-order valence-electron chi connectivity index (χ2n) is 4.50. The molecule has 0 amide bonds. The van der Waals surface area contributed by atoms with Gasteiger partial charge in [-0.05, 0) is 18.2 Å². The number of nitrogens with one attached hydrogen (secondary N) is 1. The quantitative estimate of drug-likeness (QED) is 0.647. The summed E-state index contributed by atoms with van der Waals surface area (Å²) in [5, 5.41) is 14.1. The number of carboxylic acids is 1. The molecule has 0 fully saturated rings. The van der Waals surface area contributed by atoms with Crippen LogP contribution in [0.5, 0.6) is 0 Å². The molecular weight excluding hydrogens is 308 g/mol. The lowest BCUT2D eigenvalue weighted by molar-refractivity contribution is -0.254. The number of methoxy groups -OCH3 is 1. The van der Waals surface area contributed by atoms with Gasteiger partial charge in [-0.25, -0.2) is 8.42 Å². The highest BCUT2D eigenvalue weighted by Gasteiger charge is 2.22. The van der Waals surface area contributed by atoms with Crippen molar-refractivity contribution in [1.82, 2.24) is 4.31 Å². The highest BCUT2D eigenvalue weighted by Crippen LogP contribution is 2.22. The molecule has 1 aromatic rings. The van der Waals surface area contributed by atoms with E-state index in [-0.39, 0.29) is 10.5 Å². The zero-order chi connectivity index (χ0) is 16.8. The third kappa shape index (κ3) is 4.19. The van der Waals surface area contributed by atoms with Gasteiger partial charge in [0.2, 0.25) is 10.0 Å². The Balaban J connectivity index is 3.20. The molecule has 0 saturated heterocycles. The molecule has 0 radical (unpaired) electrons. The number of rotatable bonds is 9. The van der Waals surface area contributed by atoms with Crippen molar-refractivity contribution in [3.63, 3.8) is 0 Å². The van der Waals surface area contributed by atoms with Crippen LogP contribution in [0.1, 0.15) is 24.2 Å². The van der Waals surface area contributed by atoms with Crippen molar-refractivity contribution in [3.8, 4) is 0 Å². The molecule has 0 heterocycles. The molecule has 22 heavy (non-hydrogen) atoms.